The van der Waals surface area contributed by atoms with Crippen LogP contribution < -0.4 is 4.74 Å². The largest absolute Gasteiger partial charge is 0.497 e. The second-order valence-corrected chi connectivity index (χ2v) is 7.16. The monoisotopic (exact) mass is 382 g/mol. The molecule has 27 heavy (non-hydrogen) atoms. The van der Waals surface area contributed by atoms with E-state index in [2.05, 4.69) is 27.3 Å². The van der Waals surface area contributed by atoms with E-state index in [0.29, 0.717) is 23.3 Å². The molecule has 3 rings (SSSR count). The average Bonchev–Trinajstić information content (AvgIpc) is 3.17. The van der Waals surface area contributed by atoms with Crippen LogP contribution in [0.15, 0.2) is 53.7 Å². The third-order valence-corrected chi connectivity index (χ3v) is 4.95. The molecule has 1 amide bonds. The first-order valence-corrected chi connectivity index (χ1v) is 9.53. The average molecular weight is 382 g/mol. The molecule has 1 heterocycles. The molecule has 0 aliphatic rings. The summed E-state index contributed by atoms with van der Waals surface area (Å²) in [5.74, 6) is 1.79. The first kappa shape index (κ1) is 19.0. The number of thioether (sulfide) groups is 1. The van der Waals surface area contributed by atoms with E-state index in [-0.39, 0.29) is 5.91 Å². The second-order valence-electron chi connectivity index (χ2n) is 6.22. The summed E-state index contributed by atoms with van der Waals surface area (Å²) in [5.41, 5.74) is 3.24. The summed E-state index contributed by atoms with van der Waals surface area (Å²) in [4.78, 5) is 18.5. The van der Waals surface area contributed by atoms with Gasteiger partial charge in [0.25, 0.3) is 0 Å². The first-order chi connectivity index (χ1) is 13.0. The fourth-order valence-electron chi connectivity index (χ4n) is 2.48. The number of aromatic nitrogens is 3. The smallest absolute Gasteiger partial charge is 0.233 e. The number of ether oxygens (including phenoxy) is 1. The Hall–Kier alpha value is -2.80. The molecular formula is C20H22N4O2S. The van der Waals surface area contributed by atoms with Gasteiger partial charge in [-0.2, -0.15) is 0 Å². The molecule has 0 radical (unpaired) electrons. The number of amides is 1. The van der Waals surface area contributed by atoms with E-state index in [0.717, 1.165) is 16.9 Å². The molecule has 6 nitrogen and oxygen atoms in total. The van der Waals surface area contributed by atoms with Gasteiger partial charge in [0.05, 0.1) is 12.9 Å². The maximum Gasteiger partial charge on any atom is 0.233 e. The number of methoxy groups -OCH3 is 1. The Morgan fingerprint density at radius 1 is 1.15 bits per heavy atom. The van der Waals surface area contributed by atoms with Crippen molar-refractivity contribution < 1.29 is 9.53 Å². The lowest BCUT2D eigenvalue weighted by Crippen LogP contribution is -2.27. The van der Waals surface area contributed by atoms with Crippen LogP contribution in [-0.2, 0) is 11.3 Å². The van der Waals surface area contributed by atoms with Crippen molar-refractivity contribution >= 4 is 17.7 Å². The standard InChI is InChI=1S/C20H22N4O2S/c1-14-4-6-15(7-5-14)12-24(2)18(25)13-27-20-21-19(22-23-20)16-8-10-17(26-3)11-9-16/h4-11H,12-13H2,1-3H3,(H,21,22,23). The van der Waals surface area contributed by atoms with E-state index >= 15 is 0 Å². The zero-order chi connectivity index (χ0) is 19.2. The Bertz CT molecular complexity index is 891. The Labute approximate surface area is 163 Å². The van der Waals surface area contributed by atoms with Gasteiger partial charge in [-0.25, -0.2) is 4.98 Å². The minimum Gasteiger partial charge on any atom is -0.497 e. The number of H-pyrrole nitrogens is 1. The molecule has 0 aliphatic carbocycles. The van der Waals surface area contributed by atoms with Gasteiger partial charge >= 0.3 is 0 Å². The second kappa shape index (κ2) is 8.73. The van der Waals surface area contributed by atoms with Gasteiger partial charge < -0.3 is 9.64 Å². The van der Waals surface area contributed by atoms with Crippen LogP contribution in [0.1, 0.15) is 11.1 Å². The van der Waals surface area contributed by atoms with E-state index in [4.69, 9.17) is 4.74 Å². The molecule has 1 N–H and O–H groups in total. The van der Waals surface area contributed by atoms with Gasteiger partial charge in [0.2, 0.25) is 11.1 Å². The molecule has 0 unspecified atom stereocenters. The molecule has 0 saturated carbocycles. The zero-order valence-corrected chi connectivity index (χ0v) is 16.4. The highest BCUT2D eigenvalue weighted by Crippen LogP contribution is 2.22. The molecule has 2 aromatic carbocycles. The van der Waals surface area contributed by atoms with E-state index in [1.54, 1.807) is 12.0 Å². The maximum absolute atomic E-state index is 12.4. The third kappa shape index (κ3) is 5.10. The van der Waals surface area contributed by atoms with E-state index in [9.17, 15) is 4.79 Å². The molecule has 1 aromatic heterocycles. The van der Waals surface area contributed by atoms with Gasteiger partial charge in [-0.1, -0.05) is 41.6 Å². The van der Waals surface area contributed by atoms with E-state index < -0.39 is 0 Å². The number of carbonyl (C=O) groups is 1. The van der Waals surface area contributed by atoms with Crippen molar-refractivity contribution in [2.45, 2.75) is 18.6 Å². The predicted octanol–water partition coefficient (Wildman–Crippen LogP) is 3.54. The number of rotatable bonds is 7. The highest BCUT2D eigenvalue weighted by Gasteiger charge is 2.13. The van der Waals surface area contributed by atoms with Crippen molar-refractivity contribution in [3.8, 4) is 17.1 Å². The van der Waals surface area contributed by atoms with Crippen LogP contribution in [0.25, 0.3) is 11.4 Å². The number of aromatic amines is 1. The molecule has 3 aromatic rings. The Balaban J connectivity index is 1.54. The maximum atomic E-state index is 12.4. The van der Waals surface area contributed by atoms with Crippen molar-refractivity contribution in [3.05, 3.63) is 59.7 Å². The van der Waals surface area contributed by atoms with Crippen LogP contribution in [0, 0.1) is 6.92 Å². The van der Waals surface area contributed by atoms with Crippen LogP contribution >= 0.6 is 11.8 Å². The predicted molar refractivity (Wildman–Crippen MR) is 107 cm³/mol. The summed E-state index contributed by atoms with van der Waals surface area (Å²) >= 11 is 1.32. The van der Waals surface area contributed by atoms with Crippen LogP contribution in [0.3, 0.4) is 0 Å². The molecule has 0 aliphatic heterocycles. The molecule has 0 atom stereocenters. The van der Waals surface area contributed by atoms with Gasteiger partial charge in [-0.05, 0) is 36.8 Å². The fourth-order valence-corrected chi connectivity index (χ4v) is 3.22. The molecule has 0 spiro atoms. The van der Waals surface area contributed by atoms with Gasteiger partial charge in [-0.15, -0.1) is 5.10 Å². The lowest BCUT2D eigenvalue weighted by atomic mass is 10.1. The number of hydrogen-bond acceptors (Lipinski definition) is 5. The molecule has 0 fully saturated rings. The van der Waals surface area contributed by atoms with Crippen LogP contribution in [0.2, 0.25) is 0 Å². The molecular weight excluding hydrogens is 360 g/mol. The van der Waals surface area contributed by atoms with Crippen molar-refractivity contribution in [1.82, 2.24) is 20.1 Å². The SMILES string of the molecule is COc1ccc(-c2nc(SCC(=O)N(C)Cc3ccc(C)cc3)n[nH]2)cc1. The highest BCUT2D eigenvalue weighted by molar-refractivity contribution is 7.99. The summed E-state index contributed by atoms with van der Waals surface area (Å²) in [6.45, 7) is 2.64. The number of hydrogen-bond donors (Lipinski definition) is 1. The van der Waals surface area contributed by atoms with E-state index in [1.807, 2.05) is 50.4 Å². The Morgan fingerprint density at radius 2 is 1.85 bits per heavy atom. The minimum absolute atomic E-state index is 0.0383. The van der Waals surface area contributed by atoms with Crippen molar-refractivity contribution in [1.29, 1.82) is 0 Å². The summed E-state index contributed by atoms with van der Waals surface area (Å²) in [6, 6.07) is 15.8. The molecule has 140 valence electrons. The van der Waals surface area contributed by atoms with Crippen LogP contribution in [0.5, 0.6) is 5.75 Å². The minimum atomic E-state index is 0.0383. The lowest BCUT2D eigenvalue weighted by molar-refractivity contribution is -0.127. The number of nitrogens with one attached hydrogen (secondary N) is 1. The van der Waals surface area contributed by atoms with Gasteiger partial charge in [0, 0.05) is 19.2 Å². The van der Waals surface area contributed by atoms with Crippen molar-refractivity contribution in [3.63, 3.8) is 0 Å². The van der Waals surface area contributed by atoms with Gasteiger partial charge in [0.1, 0.15) is 5.75 Å². The van der Waals surface area contributed by atoms with Crippen molar-refractivity contribution in [2.24, 2.45) is 0 Å². The van der Waals surface area contributed by atoms with Crippen LogP contribution in [-0.4, -0.2) is 45.9 Å². The summed E-state index contributed by atoms with van der Waals surface area (Å²) in [7, 11) is 3.44. The molecule has 0 bridgehead atoms. The first-order valence-electron chi connectivity index (χ1n) is 8.54. The highest BCUT2D eigenvalue weighted by atomic mass is 32.2. The number of aryl methyl sites for hydroxylation is 1. The summed E-state index contributed by atoms with van der Waals surface area (Å²) < 4.78 is 5.15. The Kier molecular flexibility index (Phi) is 6.13. The molecule has 0 saturated heterocycles. The summed E-state index contributed by atoms with van der Waals surface area (Å²) in [6.07, 6.45) is 0. The number of nitrogens with zero attached hydrogens (tertiary/aromatic N) is 3. The zero-order valence-electron chi connectivity index (χ0n) is 15.6. The molecule has 7 heteroatoms. The fraction of sp³-hybridized carbons (Fsp3) is 0.250. The van der Waals surface area contributed by atoms with Gasteiger partial charge in [-0.3, -0.25) is 9.89 Å². The number of carbonyl (C=O) groups excluding carboxylic acids is 1. The topological polar surface area (TPSA) is 71.1 Å². The third-order valence-electron chi connectivity index (χ3n) is 4.12. The summed E-state index contributed by atoms with van der Waals surface area (Å²) in [5, 5.41) is 7.65. The normalized spacial score (nSPS) is 10.6. The quantitative estimate of drug-likeness (QED) is 0.633. The lowest BCUT2D eigenvalue weighted by Gasteiger charge is -2.16. The van der Waals surface area contributed by atoms with E-state index in [1.165, 1.54) is 17.3 Å². The van der Waals surface area contributed by atoms with Crippen LogP contribution in [0.4, 0.5) is 0 Å². The number of benzene rings is 2. The van der Waals surface area contributed by atoms with Gasteiger partial charge in [0.15, 0.2) is 5.82 Å². The Morgan fingerprint density at radius 3 is 2.52 bits per heavy atom. The van der Waals surface area contributed by atoms with Crippen molar-refractivity contribution in [2.75, 3.05) is 19.9 Å².